The summed E-state index contributed by atoms with van der Waals surface area (Å²) in [4.78, 5) is 8.57. The average Bonchev–Trinajstić information content (AvgIpc) is 2.37. The third-order valence-corrected chi connectivity index (χ3v) is 4.10. The van der Waals surface area contributed by atoms with Gasteiger partial charge in [-0.1, -0.05) is 11.6 Å². The Morgan fingerprint density at radius 3 is 3.17 bits per heavy atom. The fraction of sp³-hybridized carbons (Fsp3) is 0.667. The quantitative estimate of drug-likeness (QED) is 0.844. The highest BCUT2D eigenvalue weighted by molar-refractivity contribution is 7.99. The second-order valence-electron chi connectivity index (χ2n) is 4.19. The third kappa shape index (κ3) is 4.30. The van der Waals surface area contributed by atoms with E-state index in [0.717, 1.165) is 11.6 Å². The maximum atomic E-state index is 5.99. The van der Waals surface area contributed by atoms with Crippen molar-refractivity contribution in [2.75, 3.05) is 23.4 Å². The Labute approximate surface area is 117 Å². The molecule has 1 aromatic rings. The Morgan fingerprint density at radius 2 is 2.44 bits per heavy atom. The van der Waals surface area contributed by atoms with Crippen LogP contribution in [0, 0.1) is 0 Å². The molecular formula is C12H18ClN3OS. The SMILES string of the molecule is CCOCc1nc(Cl)cc(NC2CCCSC2)n1. The van der Waals surface area contributed by atoms with Crippen molar-refractivity contribution in [3.8, 4) is 0 Å². The van der Waals surface area contributed by atoms with Gasteiger partial charge in [0.1, 0.15) is 17.6 Å². The minimum atomic E-state index is 0.408. The summed E-state index contributed by atoms with van der Waals surface area (Å²) in [6.45, 7) is 3.01. The summed E-state index contributed by atoms with van der Waals surface area (Å²) >= 11 is 7.98. The van der Waals surface area contributed by atoms with E-state index in [9.17, 15) is 0 Å². The van der Waals surface area contributed by atoms with E-state index < -0.39 is 0 Å². The zero-order valence-electron chi connectivity index (χ0n) is 10.5. The van der Waals surface area contributed by atoms with E-state index in [0.29, 0.717) is 30.2 Å². The summed E-state index contributed by atoms with van der Waals surface area (Å²) in [5.41, 5.74) is 0. The van der Waals surface area contributed by atoms with Gasteiger partial charge in [0.15, 0.2) is 5.82 Å². The number of anilines is 1. The van der Waals surface area contributed by atoms with Crippen molar-refractivity contribution in [2.24, 2.45) is 0 Å². The molecule has 1 aromatic heterocycles. The van der Waals surface area contributed by atoms with Crippen LogP contribution in [0.3, 0.4) is 0 Å². The van der Waals surface area contributed by atoms with Crippen molar-refractivity contribution >= 4 is 29.2 Å². The molecule has 1 aliphatic heterocycles. The summed E-state index contributed by atoms with van der Waals surface area (Å²) in [5, 5.41) is 3.89. The van der Waals surface area contributed by atoms with E-state index in [-0.39, 0.29) is 0 Å². The summed E-state index contributed by atoms with van der Waals surface area (Å²) in [7, 11) is 0. The predicted octanol–water partition coefficient (Wildman–Crippen LogP) is 2.97. The summed E-state index contributed by atoms with van der Waals surface area (Å²) < 4.78 is 5.30. The third-order valence-electron chi connectivity index (χ3n) is 2.69. The van der Waals surface area contributed by atoms with Crippen molar-refractivity contribution in [2.45, 2.75) is 32.4 Å². The van der Waals surface area contributed by atoms with Crippen LogP contribution in [-0.4, -0.2) is 34.1 Å². The number of rotatable bonds is 5. The molecule has 100 valence electrons. The molecule has 18 heavy (non-hydrogen) atoms. The van der Waals surface area contributed by atoms with Gasteiger partial charge in [-0.3, -0.25) is 0 Å². The second kappa shape index (κ2) is 7.16. The van der Waals surface area contributed by atoms with Crippen LogP contribution < -0.4 is 5.32 Å². The first-order chi connectivity index (χ1) is 8.78. The van der Waals surface area contributed by atoms with Crippen molar-refractivity contribution in [3.05, 3.63) is 17.0 Å². The van der Waals surface area contributed by atoms with Gasteiger partial charge in [-0.05, 0) is 25.5 Å². The van der Waals surface area contributed by atoms with Crippen molar-refractivity contribution < 1.29 is 4.74 Å². The van der Waals surface area contributed by atoms with E-state index in [4.69, 9.17) is 16.3 Å². The molecule has 0 aromatic carbocycles. The van der Waals surface area contributed by atoms with Crippen LogP contribution in [0.15, 0.2) is 6.07 Å². The summed E-state index contributed by atoms with van der Waals surface area (Å²) in [5.74, 6) is 3.83. The van der Waals surface area contributed by atoms with Crippen LogP contribution in [-0.2, 0) is 11.3 Å². The van der Waals surface area contributed by atoms with Gasteiger partial charge in [0.25, 0.3) is 0 Å². The second-order valence-corrected chi connectivity index (χ2v) is 5.72. The molecule has 1 N–H and O–H groups in total. The lowest BCUT2D eigenvalue weighted by atomic mass is 10.2. The highest BCUT2D eigenvalue weighted by Crippen LogP contribution is 2.21. The maximum Gasteiger partial charge on any atom is 0.158 e. The number of thioether (sulfide) groups is 1. The molecule has 6 heteroatoms. The molecule has 4 nitrogen and oxygen atoms in total. The molecule has 1 atom stereocenters. The molecular weight excluding hydrogens is 270 g/mol. The maximum absolute atomic E-state index is 5.99. The minimum absolute atomic E-state index is 0.408. The molecule has 0 amide bonds. The molecule has 1 fully saturated rings. The first-order valence-electron chi connectivity index (χ1n) is 6.23. The normalized spacial score (nSPS) is 19.8. The highest BCUT2D eigenvalue weighted by Gasteiger charge is 2.14. The Kier molecular flexibility index (Phi) is 5.53. The molecule has 0 saturated carbocycles. The largest absolute Gasteiger partial charge is 0.374 e. The van der Waals surface area contributed by atoms with E-state index in [2.05, 4.69) is 15.3 Å². The van der Waals surface area contributed by atoms with Crippen molar-refractivity contribution in [1.29, 1.82) is 0 Å². The molecule has 0 spiro atoms. The Balaban J connectivity index is 1.99. The van der Waals surface area contributed by atoms with Gasteiger partial charge in [0, 0.05) is 24.5 Å². The topological polar surface area (TPSA) is 47.0 Å². The lowest BCUT2D eigenvalue weighted by Gasteiger charge is -2.23. The van der Waals surface area contributed by atoms with Crippen LogP contribution in [0.4, 0.5) is 5.82 Å². The van der Waals surface area contributed by atoms with Gasteiger partial charge in [-0.25, -0.2) is 9.97 Å². The fourth-order valence-electron chi connectivity index (χ4n) is 1.86. The molecule has 2 rings (SSSR count). The zero-order valence-corrected chi connectivity index (χ0v) is 12.1. The van der Waals surface area contributed by atoms with E-state index in [1.807, 2.05) is 18.7 Å². The Morgan fingerprint density at radius 1 is 1.56 bits per heavy atom. The van der Waals surface area contributed by atoms with Crippen molar-refractivity contribution in [1.82, 2.24) is 9.97 Å². The Bertz CT molecular complexity index is 386. The highest BCUT2D eigenvalue weighted by atomic mass is 35.5. The van der Waals surface area contributed by atoms with Gasteiger partial charge in [-0.2, -0.15) is 11.8 Å². The average molecular weight is 288 g/mol. The zero-order chi connectivity index (χ0) is 12.8. The van der Waals surface area contributed by atoms with Gasteiger partial charge >= 0.3 is 0 Å². The number of hydrogen-bond acceptors (Lipinski definition) is 5. The van der Waals surface area contributed by atoms with E-state index in [1.165, 1.54) is 18.6 Å². The molecule has 1 unspecified atom stereocenters. The van der Waals surface area contributed by atoms with Gasteiger partial charge in [-0.15, -0.1) is 0 Å². The van der Waals surface area contributed by atoms with Crippen molar-refractivity contribution in [3.63, 3.8) is 0 Å². The number of nitrogens with zero attached hydrogens (tertiary/aromatic N) is 2. The van der Waals surface area contributed by atoms with E-state index in [1.54, 1.807) is 6.07 Å². The van der Waals surface area contributed by atoms with E-state index >= 15 is 0 Å². The lowest BCUT2D eigenvalue weighted by Crippen LogP contribution is -2.26. The molecule has 0 bridgehead atoms. The van der Waals surface area contributed by atoms with Crippen LogP contribution in [0.2, 0.25) is 5.15 Å². The lowest BCUT2D eigenvalue weighted by molar-refractivity contribution is 0.128. The van der Waals surface area contributed by atoms with Crippen LogP contribution in [0.5, 0.6) is 0 Å². The van der Waals surface area contributed by atoms with Crippen LogP contribution in [0.1, 0.15) is 25.6 Å². The molecule has 2 heterocycles. The minimum Gasteiger partial charge on any atom is -0.374 e. The standard InChI is InChI=1S/C12H18ClN3OS/c1-2-17-7-12-15-10(13)6-11(16-12)14-9-4-3-5-18-8-9/h6,9H,2-5,7-8H2,1H3,(H,14,15,16). The molecule has 0 radical (unpaired) electrons. The number of halogens is 1. The first kappa shape index (κ1) is 13.9. The van der Waals surface area contributed by atoms with Crippen LogP contribution in [0.25, 0.3) is 0 Å². The van der Waals surface area contributed by atoms with Gasteiger partial charge < -0.3 is 10.1 Å². The molecule has 0 aliphatic carbocycles. The first-order valence-corrected chi connectivity index (χ1v) is 7.76. The summed E-state index contributed by atoms with van der Waals surface area (Å²) in [6, 6.07) is 2.26. The molecule has 1 aliphatic rings. The molecule has 1 saturated heterocycles. The monoisotopic (exact) mass is 287 g/mol. The van der Waals surface area contributed by atoms with Gasteiger partial charge in [0.2, 0.25) is 0 Å². The fourth-order valence-corrected chi connectivity index (χ4v) is 3.13. The number of hydrogen-bond donors (Lipinski definition) is 1. The Hall–Kier alpha value is -0.520. The van der Waals surface area contributed by atoms with Gasteiger partial charge in [0.05, 0.1) is 0 Å². The smallest absolute Gasteiger partial charge is 0.158 e. The predicted molar refractivity (Wildman–Crippen MR) is 76.3 cm³/mol. The number of aromatic nitrogens is 2. The van der Waals surface area contributed by atoms with Crippen LogP contribution >= 0.6 is 23.4 Å². The number of nitrogens with one attached hydrogen (secondary N) is 1. The number of ether oxygens (including phenoxy) is 1. The summed E-state index contributed by atoms with van der Waals surface area (Å²) in [6.07, 6.45) is 2.45.